The molecule has 3 rings (SSSR count). The van der Waals surface area contributed by atoms with Crippen LogP contribution in [0.1, 0.15) is 23.7 Å². The summed E-state index contributed by atoms with van der Waals surface area (Å²) in [6, 6.07) is 11.7. The molecule has 2 amide bonds. The molecule has 0 aliphatic carbocycles. The SMILES string of the molecule is C=CC(=O)Nc1cc(Nc2ncc(Cl)c(Nc3ccccc3C(=O)C(=O)N(C)C)n2)ccc1OCCC. The standard InChI is InChI=1S/C26H27ClN6O4/c1-5-13-37-21-12-11-16(14-20(21)30-22(34)6-2)29-26-28-15-18(27)24(32-26)31-19-10-8-7-9-17(19)23(35)25(36)33(3)4/h6-12,14-15H,2,5,13H2,1,3-4H3,(H,30,34)(H2,28,29,31,32). The van der Waals surface area contributed by atoms with Gasteiger partial charge in [-0.25, -0.2) is 4.98 Å². The lowest BCUT2D eigenvalue weighted by atomic mass is 10.1. The molecule has 37 heavy (non-hydrogen) atoms. The molecule has 0 saturated heterocycles. The van der Waals surface area contributed by atoms with Gasteiger partial charge in [0, 0.05) is 19.8 Å². The minimum atomic E-state index is -0.670. The Morgan fingerprint density at radius 2 is 1.86 bits per heavy atom. The largest absolute Gasteiger partial charge is 0.491 e. The van der Waals surface area contributed by atoms with Crippen molar-refractivity contribution < 1.29 is 19.1 Å². The zero-order valence-corrected chi connectivity index (χ0v) is 21.4. The molecule has 3 N–H and O–H groups in total. The summed E-state index contributed by atoms with van der Waals surface area (Å²) in [7, 11) is 3.01. The fourth-order valence-corrected chi connectivity index (χ4v) is 3.25. The van der Waals surface area contributed by atoms with Gasteiger partial charge in [-0.1, -0.05) is 37.2 Å². The van der Waals surface area contributed by atoms with E-state index < -0.39 is 11.7 Å². The minimum absolute atomic E-state index is 0.177. The van der Waals surface area contributed by atoms with Crippen LogP contribution in [0.15, 0.2) is 61.3 Å². The Balaban J connectivity index is 1.88. The molecule has 11 heteroatoms. The Morgan fingerprint density at radius 1 is 1.11 bits per heavy atom. The number of halogens is 1. The molecule has 0 radical (unpaired) electrons. The highest BCUT2D eigenvalue weighted by Crippen LogP contribution is 2.31. The van der Waals surface area contributed by atoms with Gasteiger partial charge in [0.15, 0.2) is 5.82 Å². The lowest BCUT2D eigenvalue weighted by Gasteiger charge is -2.15. The lowest BCUT2D eigenvalue weighted by molar-refractivity contribution is -0.124. The zero-order chi connectivity index (χ0) is 26.9. The number of ketones is 1. The highest BCUT2D eigenvalue weighted by molar-refractivity contribution is 6.43. The number of nitrogens with zero attached hydrogens (tertiary/aromatic N) is 3. The van der Waals surface area contributed by atoms with Crippen molar-refractivity contribution >= 4 is 58.0 Å². The third-order valence-corrected chi connectivity index (χ3v) is 5.19. The summed E-state index contributed by atoms with van der Waals surface area (Å²) in [4.78, 5) is 46.6. The molecule has 0 fully saturated rings. The normalized spacial score (nSPS) is 10.3. The number of Topliss-reactive ketones (excluding diaryl/α,β-unsaturated/α-hetero) is 1. The summed E-state index contributed by atoms with van der Waals surface area (Å²) >= 11 is 6.31. The van der Waals surface area contributed by atoms with E-state index in [-0.39, 0.29) is 28.3 Å². The van der Waals surface area contributed by atoms with Gasteiger partial charge in [-0.15, -0.1) is 0 Å². The number of rotatable bonds is 11. The van der Waals surface area contributed by atoms with E-state index in [1.807, 2.05) is 6.92 Å². The minimum Gasteiger partial charge on any atom is -0.491 e. The maximum atomic E-state index is 12.7. The van der Waals surface area contributed by atoms with Gasteiger partial charge < -0.3 is 25.6 Å². The van der Waals surface area contributed by atoms with Gasteiger partial charge in [0.1, 0.15) is 10.8 Å². The summed E-state index contributed by atoms with van der Waals surface area (Å²) < 4.78 is 5.71. The summed E-state index contributed by atoms with van der Waals surface area (Å²) in [6.45, 7) is 5.95. The Labute approximate surface area is 219 Å². The summed E-state index contributed by atoms with van der Waals surface area (Å²) in [5, 5.41) is 9.00. The third-order valence-electron chi connectivity index (χ3n) is 4.91. The Kier molecular flexibility index (Phi) is 9.17. The van der Waals surface area contributed by atoms with E-state index in [1.54, 1.807) is 42.5 Å². The summed E-state index contributed by atoms with van der Waals surface area (Å²) in [6.07, 6.45) is 3.37. The predicted octanol–water partition coefficient (Wildman–Crippen LogP) is 4.80. The Morgan fingerprint density at radius 3 is 2.57 bits per heavy atom. The summed E-state index contributed by atoms with van der Waals surface area (Å²) in [5.41, 5.74) is 1.56. The molecule has 192 valence electrons. The van der Waals surface area contributed by atoms with Gasteiger partial charge in [-0.2, -0.15) is 4.98 Å². The van der Waals surface area contributed by atoms with Crippen molar-refractivity contribution in [2.45, 2.75) is 13.3 Å². The predicted molar refractivity (Wildman–Crippen MR) is 144 cm³/mol. The van der Waals surface area contributed by atoms with Crippen LogP contribution in [0, 0.1) is 0 Å². The number of hydrogen-bond acceptors (Lipinski definition) is 8. The van der Waals surface area contributed by atoms with E-state index >= 15 is 0 Å². The first kappa shape index (κ1) is 27.2. The maximum absolute atomic E-state index is 12.7. The van der Waals surface area contributed by atoms with E-state index in [1.165, 1.54) is 31.3 Å². The number of ether oxygens (including phenoxy) is 1. The molecule has 0 unspecified atom stereocenters. The smallest absolute Gasteiger partial charge is 0.294 e. The first-order valence-corrected chi connectivity index (χ1v) is 11.7. The van der Waals surface area contributed by atoms with Gasteiger partial charge in [-0.05, 0) is 42.8 Å². The van der Waals surface area contributed by atoms with E-state index in [0.29, 0.717) is 29.4 Å². The monoisotopic (exact) mass is 522 g/mol. The van der Waals surface area contributed by atoms with Gasteiger partial charge in [-0.3, -0.25) is 14.4 Å². The summed E-state index contributed by atoms with van der Waals surface area (Å²) in [5.74, 6) is -0.778. The van der Waals surface area contributed by atoms with Crippen LogP contribution >= 0.6 is 11.6 Å². The molecule has 0 bridgehead atoms. The van der Waals surface area contributed by atoms with Crippen molar-refractivity contribution in [3.05, 3.63) is 71.9 Å². The Hall–Kier alpha value is -4.44. The van der Waals surface area contributed by atoms with Crippen LogP contribution in [0.3, 0.4) is 0 Å². The van der Waals surface area contributed by atoms with Crippen molar-refractivity contribution in [1.29, 1.82) is 0 Å². The van der Waals surface area contributed by atoms with Crippen molar-refractivity contribution in [3.8, 4) is 5.75 Å². The second kappa shape index (κ2) is 12.5. The molecule has 0 atom stereocenters. The van der Waals surface area contributed by atoms with Crippen molar-refractivity contribution in [1.82, 2.24) is 14.9 Å². The van der Waals surface area contributed by atoms with Crippen LogP contribution in [-0.4, -0.2) is 53.2 Å². The number of aromatic nitrogens is 2. The van der Waals surface area contributed by atoms with E-state index in [0.717, 1.165) is 6.42 Å². The van der Waals surface area contributed by atoms with Crippen LogP contribution < -0.4 is 20.7 Å². The van der Waals surface area contributed by atoms with E-state index in [4.69, 9.17) is 16.3 Å². The molecule has 2 aromatic carbocycles. The number of carbonyl (C=O) groups excluding carboxylic acids is 3. The topological polar surface area (TPSA) is 126 Å². The van der Waals surface area contributed by atoms with Crippen LogP contribution in [0.5, 0.6) is 5.75 Å². The molecular weight excluding hydrogens is 496 g/mol. The van der Waals surface area contributed by atoms with Crippen LogP contribution in [0.4, 0.5) is 28.8 Å². The van der Waals surface area contributed by atoms with Gasteiger partial charge >= 0.3 is 0 Å². The first-order chi connectivity index (χ1) is 17.7. The molecule has 0 saturated carbocycles. The number of hydrogen-bond donors (Lipinski definition) is 3. The third kappa shape index (κ3) is 7.05. The number of carbonyl (C=O) groups is 3. The highest BCUT2D eigenvalue weighted by atomic mass is 35.5. The highest BCUT2D eigenvalue weighted by Gasteiger charge is 2.21. The zero-order valence-electron chi connectivity index (χ0n) is 20.7. The number of anilines is 5. The molecule has 0 aliphatic rings. The van der Waals surface area contributed by atoms with Gasteiger partial charge in [0.2, 0.25) is 11.9 Å². The molecular formula is C26H27ClN6O4. The fourth-order valence-electron chi connectivity index (χ4n) is 3.11. The molecule has 1 aromatic heterocycles. The van der Waals surface area contributed by atoms with Crippen molar-refractivity contribution in [2.75, 3.05) is 36.7 Å². The number of para-hydroxylation sites is 1. The van der Waals surface area contributed by atoms with Crippen molar-refractivity contribution in [3.63, 3.8) is 0 Å². The van der Waals surface area contributed by atoms with Crippen LogP contribution in [-0.2, 0) is 9.59 Å². The average Bonchev–Trinajstić information content (AvgIpc) is 2.89. The number of amides is 2. The van der Waals surface area contributed by atoms with Crippen LogP contribution in [0.25, 0.3) is 0 Å². The van der Waals surface area contributed by atoms with Gasteiger partial charge in [0.25, 0.3) is 11.7 Å². The fraction of sp³-hybridized carbons (Fsp3) is 0.192. The molecule has 3 aromatic rings. The van der Waals surface area contributed by atoms with E-state index in [9.17, 15) is 14.4 Å². The molecule has 1 heterocycles. The average molecular weight is 523 g/mol. The Bertz CT molecular complexity index is 1330. The quantitative estimate of drug-likeness (QED) is 0.186. The first-order valence-electron chi connectivity index (χ1n) is 11.3. The van der Waals surface area contributed by atoms with Gasteiger partial charge in [0.05, 0.1) is 29.7 Å². The number of nitrogens with one attached hydrogen (secondary N) is 3. The van der Waals surface area contributed by atoms with Crippen molar-refractivity contribution in [2.24, 2.45) is 0 Å². The molecule has 10 nitrogen and oxygen atoms in total. The molecule has 0 aliphatic heterocycles. The second-order valence-electron chi connectivity index (χ2n) is 7.97. The lowest BCUT2D eigenvalue weighted by Crippen LogP contribution is -2.30. The van der Waals surface area contributed by atoms with E-state index in [2.05, 4.69) is 32.5 Å². The maximum Gasteiger partial charge on any atom is 0.294 e. The number of benzene rings is 2. The molecule has 0 spiro atoms. The second-order valence-corrected chi connectivity index (χ2v) is 8.37. The van der Waals surface area contributed by atoms with Crippen LogP contribution in [0.2, 0.25) is 5.02 Å². The number of likely N-dealkylation sites (N-methyl/N-ethyl adjacent to an activating group) is 1.